The maximum Gasteiger partial charge on any atom is 0.355 e. The van der Waals surface area contributed by atoms with E-state index in [9.17, 15) is 18.6 Å². The third-order valence-electron chi connectivity index (χ3n) is 4.40. The van der Waals surface area contributed by atoms with Crippen LogP contribution in [0.2, 0.25) is 0 Å². The summed E-state index contributed by atoms with van der Waals surface area (Å²) in [5.41, 5.74) is 1.18. The number of β-lactam (4-membered cyclic amide) rings is 1. The number of esters is 1. The lowest BCUT2D eigenvalue weighted by molar-refractivity contribution is -0.153. The molecule has 1 N–H and O–H groups in total. The first-order valence-electron chi connectivity index (χ1n) is 8.55. The van der Waals surface area contributed by atoms with Crippen LogP contribution >= 0.6 is 34.8 Å². The predicted octanol–water partition coefficient (Wildman–Crippen LogP) is 1.83. The molecule has 0 spiro atoms. The molecular formula is C18H17Cl3N2O5S. The number of fused-ring (bicyclic) bond motifs is 1. The van der Waals surface area contributed by atoms with Crippen LogP contribution in [0, 0.1) is 0 Å². The molecule has 7 nitrogen and oxygen atoms in total. The zero-order chi connectivity index (χ0) is 21.3. The quantitative estimate of drug-likeness (QED) is 0.395. The van der Waals surface area contributed by atoms with Crippen LogP contribution in [0.4, 0.5) is 0 Å². The van der Waals surface area contributed by atoms with Crippen molar-refractivity contribution in [3.05, 3.63) is 47.2 Å². The number of ether oxygens (including phenoxy) is 1. The number of benzene rings is 1. The van der Waals surface area contributed by atoms with Crippen LogP contribution in [0.3, 0.4) is 0 Å². The Morgan fingerprint density at radius 1 is 1.28 bits per heavy atom. The van der Waals surface area contributed by atoms with E-state index in [4.69, 9.17) is 39.5 Å². The molecule has 2 heterocycles. The fourth-order valence-electron chi connectivity index (χ4n) is 3.17. The molecule has 0 saturated carbocycles. The molecule has 0 radical (unpaired) electrons. The molecule has 2 aliphatic heterocycles. The van der Waals surface area contributed by atoms with Crippen LogP contribution in [0.1, 0.15) is 12.5 Å². The molecule has 1 aromatic carbocycles. The Labute approximate surface area is 184 Å². The average molecular weight is 480 g/mol. The first-order valence-corrected chi connectivity index (χ1v) is 11.1. The summed E-state index contributed by atoms with van der Waals surface area (Å²) in [7, 11) is -1.48. The van der Waals surface area contributed by atoms with Crippen molar-refractivity contribution in [1.82, 2.24) is 10.2 Å². The summed E-state index contributed by atoms with van der Waals surface area (Å²) in [5, 5.41) is 1.77. The number of amides is 2. The molecular weight excluding hydrogens is 463 g/mol. The lowest BCUT2D eigenvalue weighted by Crippen LogP contribution is -2.73. The van der Waals surface area contributed by atoms with Gasteiger partial charge in [0.2, 0.25) is 9.70 Å². The highest BCUT2D eigenvalue weighted by molar-refractivity contribution is 7.86. The molecule has 1 fully saturated rings. The van der Waals surface area contributed by atoms with Gasteiger partial charge >= 0.3 is 5.97 Å². The second-order valence-corrected chi connectivity index (χ2v) is 10.7. The molecule has 2 unspecified atom stereocenters. The molecule has 29 heavy (non-hydrogen) atoms. The summed E-state index contributed by atoms with van der Waals surface area (Å²) in [6, 6.07) is 8.04. The number of carbonyl (C=O) groups is 3. The van der Waals surface area contributed by atoms with Crippen LogP contribution in [-0.2, 0) is 36.3 Å². The van der Waals surface area contributed by atoms with E-state index in [1.165, 1.54) is 0 Å². The minimum Gasteiger partial charge on any atom is -0.456 e. The summed E-state index contributed by atoms with van der Waals surface area (Å²) >= 11 is 16.8. The maximum absolute atomic E-state index is 12.6. The zero-order valence-corrected chi connectivity index (χ0v) is 18.3. The van der Waals surface area contributed by atoms with Gasteiger partial charge in [-0.2, -0.15) is 0 Å². The van der Waals surface area contributed by atoms with Gasteiger partial charge in [0.05, 0.1) is 17.2 Å². The van der Waals surface area contributed by atoms with Crippen molar-refractivity contribution in [2.24, 2.45) is 0 Å². The van der Waals surface area contributed by atoms with Crippen LogP contribution in [0.5, 0.6) is 0 Å². The van der Waals surface area contributed by atoms with Gasteiger partial charge in [0.1, 0.15) is 23.7 Å². The smallest absolute Gasteiger partial charge is 0.355 e. The van der Waals surface area contributed by atoms with Crippen molar-refractivity contribution in [3.8, 4) is 0 Å². The van der Waals surface area contributed by atoms with Crippen molar-refractivity contribution >= 4 is 63.4 Å². The lowest BCUT2D eigenvalue weighted by atomic mass is 10.0. The number of nitrogens with zero attached hydrogens (tertiary/aromatic N) is 1. The third kappa shape index (κ3) is 4.94. The van der Waals surface area contributed by atoms with Crippen LogP contribution in [-0.4, -0.2) is 54.5 Å². The largest absolute Gasteiger partial charge is 0.456 e. The Balaban J connectivity index is 1.71. The minimum absolute atomic E-state index is 0.0255. The van der Waals surface area contributed by atoms with Crippen LogP contribution in [0.25, 0.3) is 0 Å². The maximum atomic E-state index is 12.6. The number of rotatable bonds is 5. The van der Waals surface area contributed by atoms with E-state index in [0.717, 1.165) is 10.5 Å². The minimum atomic E-state index is -1.80. The predicted molar refractivity (Wildman–Crippen MR) is 110 cm³/mol. The lowest BCUT2D eigenvalue weighted by Gasteiger charge is -2.49. The number of alkyl halides is 3. The van der Waals surface area contributed by atoms with Gasteiger partial charge in [-0.25, -0.2) is 4.79 Å². The second-order valence-electron chi connectivity index (χ2n) is 6.65. The van der Waals surface area contributed by atoms with Gasteiger partial charge in [-0.05, 0) is 18.1 Å². The summed E-state index contributed by atoms with van der Waals surface area (Å²) in [5.74, 6) is -1.70. The van der Waals surface area contributed by atoms with Gasteiger partial charge in [-0.1, -0.05) is 65.1 Å². The molecule has 0 aromatic heterocycles. The average Bonchev–Trinajstić information content (AvgIpc) is 2.64. The third-order valence-corrected chi connectivity index (χ3v) is 6.47. The SMILES string of the molecule is CC1=C(C(=O)OCC(Cl)(Cl)Cl)N2C(=O)C(NC(=O)Cc3ccccc3)[C@H]2S(=O)C1. The molecule has 2 amide bonds. The van der Waals surface area contributed by atoms with E-state index in [-0.39, 0.29) is 23.8 Å². The Bertz CT molecular complexity index is 901. The summed E-state index contributed by atoms with van der Waals surface area (Å²) in [6.07, 6.45) is 0.0803. The van der Waals surface area contributed by atoms with Crippen molar-refractivity contribution in [3.63, 3.8) is 0 Å². The highest BCUT2D eigenvalue weighted by atomic mass is 35.6. The van der Waals surface area contributed by atoms with Crippen molar-refractivity contribution < 1.29 is 23.3 Å². The molecule has 3 atom stereocenters. The first-order chi connectivity index (χ1) is 13.6. The van der Waals surface area contributed by atoms with Gasteiger partial charge in [0.15, 0.2) is 0 Å². The normalized spacial score (nSPS) is 23.9. The number of hydrogen-bond donors (Lipinski definition) is 1. The Morgan fingerprint density at radius 2 is 1.93 bits per heavy atom. The van der Waals surface area contributed by atoms with E-state index >= 15 is 0 Å². The molecule has 2 aliphatic rings. The van der Waals surface area contributed by atoms with E-state index in [2.05, 4.69) is 5.32 Å². The van der Waals surface area contributed by atoms with E-state index in [1.807, 2.05) is 6.07 Å². The number of nitrogens with one attached hydrogen (secondary N) is 1. The van der Waals surface area contributed by atoms with Gasteiger partial charge in [-0.3, -0.25) is 18.7 Å². The Kier molecular flexibility index (Phi) is 6.57. The van der Waals surface area contributed by atoms with Crippen LogP contribution < -0.4 is 5.32 Å². The molecule has 156 valence electrons. The monoisotopic (exact) mass is 478 g/mol. The molecule has 0 aliphatic carbocycles. The van der Waals surface area contributed by atoms with Crippen molar-refractivity contribution in [2.45, 2.75) is 28.6 Å². The first kappa shape index (κ1) is 22.1. The van der Waals surface area contributed by atoms with Crippen LogP contribution in [0.15, 0.2) is 41.6 Å². The van der Waals surface area contributed by atoms with E-state index in [1.54, 1.807) is 31.2 Å². The number of halogens is 3. The van der Waals surface area contributed by atoms with Gasteiger partial charge < -0.3 is 10.1 Å². The Hall–Kier alpha value is -1.61. The van der Waals surface area contributed by atoms with Gasteiger partial charge in [-0.15, -0.1) is 0 Å². The molecule has 1 saturated heterocycles. The standard InChI is InChI=1S/C18H17Cl3N2O5S/c1-10-8-29(27)16-13(22-12(24)7-11-5-3-2-4-6-11)15(25)23(16)14(10)17(26)28-9-18(19,20)21/h2-6,13,16H,7-9H2,1H3,(H,22,24)/t13?,16-,29?/m1/s1. The van der Waals surface area contributed by atoms with E-state index in [0.29, 0.717) is 5.57 Å². The summed E-state index contributed by atoms with van der Waals surface area (Å²) in [6.45, 7) is 1.08. The second kappa shape index (κ2) is 8.63. The fourth-order valence-corrected chi connectivity index (χ4v) is 5.00. The topological polar surface area (TPSA) is 92.8 Å². The van der Waals surface area contributed by atoms with Crippen molar-refractivity contribution in [1.29, 1.82) is 0 Å². The Morgan fingerprint density at radius 3 is 2.55 bits per heavy atom. The van der Waals surface area contributed by atoms with Crippen molar-refractivity contribution in [2.75, 3.05) is 12.4 Å². The summed E-state index contributed by atoms with van der Waals surface area (Å²) < 4.78 is 15.7. The fraction of sp³-hybridized carbons (Fsp3) is 0.389. The highest BCUT2D eigenvalue weighted by Crippen LogP contribution is 2.36. The summed E-state index contributed by atoms with van der Waals surface area (Å²) in [4.78, 5) is 38.5. The van der Waals surface area contributed by atoms with Gasteiger partial charge in [0.25, 0.3) is 5.91 Å². The molecule has 11 heteroatoms. The van der Waals surface area contributed by atoms with E-state index < -0.39 is 44.5 Å². The molecule has 0 bridgehead atoms. The molecule has 3 rings (SSSR count). The number of hydrogen-bond acceptors (Lipinski definition) is 5. The number of carbonyl (C=O) groups excluding carboxylic acids is 3. The highest BCUT2D eigenvalue weighted by Gasteiger charge is 2.56. The molecule has 1 aromatic rings. The van der Waals surface area contributed by atoms with Gasteiger partial charge in [0, 0.05) is 5.75 Å². The zero-order valence-electron chi connectivity index (χ0n) is 15.2.